The molecule has 0 aliphatic carbocycles. The second kappa shape index (κ2) is 9.80. The Bertz CT molecular complexity index is 771. The summed E-state index contributed by atoms with van der Waals surface area (Å²) >= 11 is 1.59. The van der Waals surface area contributed by atoms with E-state index in [0.29, 0.717) is 45.0 Å². The van der Waals surface area contributed by atoms with Gasteiger partial charge in [-0.15, -0.1) is 0 Å². The Hall–Kier alpha value is -2.10. The summed E-state index contributed by atoms with van der Waals surface area (Å²) in [6.07, 6.45) is 0.442. The zero-order valence-electron chi connectivity index (χ0n) is 16.8. The number of benzene rings is 1. The molecule has 0 radical (unpaired) electrons. The van der Waals surface area contributed by atoms with Crippen LogP contribution in [0.5, 0.6) is 0 Å². The number of carbonyl (C=O) groups is 3. The molecular weight excluding hydrogens is 406 g/mol. The molecule has 3 heterocycles. The maximum absolute atomic E-state index is 13.3. The van der Waals surface area contributed by atoms with Gasteiger partial charge in [0.05, 0.1) is 19.3 Å². The average Bonchev–Trinajstić information content (AvgIpc) is 3.37. The van der Waals surface area contributed by atoms with Gasteiger partial charge in [-0.2, -0.15) is 11.8 Å². The molecule has 3 amide bonds. The number of ketones is 1. The minimum absolute atomic E-state index is 0.0546. The third-order valence-corrected chi connectivity index (χ3v) is 6.79. The van der Waals surface area contributed by atoms with Crippen molar-refractivity contribution in [1.29, 1.82) is 0 Å². The van der Waals surface area contributed by atoms with Crippen molar-refractivity contribution in [2.24, 2.45) is 0 Å². The molecule has 3 saturated heterocycles. The van der Waals surface area contributed by atoms with Gasteiger partial charge in [-0.05, 0) is 12.0 Å². The first-order valence-electron chi connectivity index (χ1n) is 10.3. The van der Waals surface area contributed by atoms with E-state index in [1.54, 1.807) is 21.6 Å². The number of morpholine rings is 1. The summed E-state index contributed by atoms with van der Waals surface area (Å²) in [5.41, 5.74) is 1.16. The van der Waals surface area contributed by atoms with Crippen molar-refractivity contribution in [1.82, 2.24) is 15.1 Å². The highest BCUT2D eigenvalue weighted by molar-refractivity contribution is 7.98. The SMILES string of the molecule is O=C1COC2CCN(C(=O)[C@H](CSCc3ccccc3)NC(=O)N3CCOCC3)C12. The molecule has 2 unspecified atom stereocenters. The van der Waals surface area contributed by atoms with Gasteiger partial charge in [-0.1, -0.05) is 30.3 Å². The van der Waals surface area contributed by atoms with Gasteiger partial charge < -0.3 is 24.6 Å². The average molecular weight is 434 g/mol. The fourth-order valence-corrected chi connectivity index (χ4v) is 5.10. The number of urea groups is 1. The number of Topliss-reactive ketones (excluding diaryl/α,β-unsaturated/α-hetero) is 1. The van der Waals surface area contributed by atoms with Crippen LogP contribution < -0.4 is 5.32 Å². The lowest BCUT2D eigenvalue weighted by Gasteiger charge is -2.31. The summed E-state index contributed by atoms with van der Waals surface area (Å²) < 4.78 is 10.8. The molecule has 0 bridgehead atoms. The first-order valence-corrected chi connectivity index (χ1v) is 11.5. The van der Waals surface area contributed by atoms with Gasteiger partial charge in [-0.25, -0.2) is 4.79 Å². The van der Waals surface area contributed by atoms with E-state index >= 15 is 0 Å². The van der Waals surface area contributed by atoms with Crippen molar-refractivity contribution in [2.45, 2.75) is 30.4 Å². The second-order valence-electron chi connectivity index (χ2n) is 7.68. The van der Waals surface area contributed by atoms with E-state index in [4.69, 9.17) is 9.47 Å². The van der Waals surface area contributed by atoms with Gasteiger partial charge in [0.1, 0.15) is 18.7 Å². The molecule has 1 aromatic rings. The molecule has 0 saturated carbocycles. The Morgan fingerprint density at radius 2 is 1.93 bits per heavy atom. The van der Waals surface area contributed by atoms with E-state index < -0.39 is 12.1 Å². The fraction of sp³-hybridized carbons (Fsp3) is 0.571. The number of nitrogens with zero attached hydrogens (tertiary/aromatic N) is 2. The summed E-state index contributed by atoms with van der Waals surface area (Å²) in [4.78, 5) is 41.6. The minimum Gasteiger partial charge on any atom is -0.378 e. The van der Waals surface area contributed by atoms with Crippen LogP contribution in [0.1, 0.15) is 12.0 Å². The smallest absolute Gasteiger partial charge is 0.318 e. The number of nitrogens with one attached hydrogen (secondary N) is 1. The Balaban J connectivity index is 1.42. The molecule has 1 aromatic carbocycles. The van der Waals surface area contributed by atoms with Crippen LogP contribution >= 0.6 is 11.8 Å². The molecule has 3 fully saturated rings. The van der Waals surface area contributed by atoms with Gasteiger partial charge in [0.25, 0.3) is 0 Å². The highest BCUT2D eigenvalue weighted by Gasteiger charge is 2.48. The predicted octanol–water partition coefficient (Wildman–Crippen LogP) is 0.899. The van der Waals surface area contributed by atoms with Crippen molar-refractivity contribution in [2.75, 3.05) is 45.2 Å². The number of hydrogen-bond acceptors (Lipinski definition) is 6. The van der Waals surface area contributed by atoms with Gasteiger partial charge in [0, 0.05) is 31.1 Å². The van der Waals surface area contributed by atoms with E-state index in [-0.39, 0.29) is 30.4 Å². The third-order valence-electron chi connectivity index (χ3n) is 5.69. The maximum atomic E-state index is 13.3. The summed E-state index contributed by atoms with van der Waals surface area (Å²) in [6.45, 7) is 2.54. The lowest BCUT2D eigenvalue weighted by atomic mass is 10.1. The Kier molecular flexibility index (Phi) is 6.91. The van der Waals surface area contributed by atoms with E-state index in [2.05, 4.69) is 5.32 Å². The number of ether oxygens (including phenoxy) is 2. The topological polar surface area (TPSA) is 88.2 Å². The Morgan fingerprint density at radius 3 is 2.70 bits per heavy atom. The number of fused-ring (bicyclic) bond motifs is 1. The van der Waals surface area contributed by atoms with Gasteiger partial charge in [-0.3, -0.25) is 9.59 Å². The molecule has 3 atom stereocenters. The van der Waals surface area contributed by atoms with E-state index in [0.717, 1.165) is 11.3 Å². The molecular formula is C21H27N3O5S. The molecule has 3 aliphatic rings. The zero-order chi connectivity index (χ0) is 20.9. The van der Waals surface area contributed by atoms with Crippen molar-refractivity contribution >= 4 is 29.5 Å². The normalized spacial score (nSPS) is 24.6. The minimum atomic E-state index is -0.693. The van der Waals surface area contributed by atoms with Gasteiger partial charge in [0.2, 0.25) is 5.91 Å². The largest absolute Gasteiger partial charge is 0.378 e. The lowest BCUT2D eigenvalue weighted by molar-refractivity contribution is -0.137. The van der Waals surface area contributed by atoms with Crippen molar-refractivity contribution in [3.8, 4) is 0 Å². The van der Waals surface area contributed by atoms with Crippen molar-refractivity contribution < 1.29 is 23.9 Å². The Morgan fingerprint density at radius 1 is 1.17 bits per heavy atom. The molecule has 3 aliphatic heterocycles. The number of rotatable bonds is 6. The molecule has 0 aromatic heterocycles. The maximum Gasteiger partial charge on any atom is 0.318 e. The molecule has 4 rings (SSSR count). The number of likely N-dealkylation sites (tertiary alicyclic amines) is 1. The molecule has 9 heteroatoms. The molecule has 30 heavy (non-hydrogen) atoms. The van der Waals surface area contributed by atoms with Crippen molar-refractivity contribution in [3.05, 3.63) is 35.9 Å². The molecule has 8 nitrogen and oxygen atoms in total. The highest BCUT2D eigenvalue weighted by atomic mass is 32.2. The van der Waals surface area contributed by atoms with Crippen LogP contribution in [0.15, 0.2) is 30.3 Å². The summed E-state index contributed by atoms with van der Waals surface area (Å²) in [7, 11) is 0. The second-order valence-corrected chi connectivity index (χ2v) is 8.71. The van der Waals surface area contributed by atoms with Crippen LogP contribution in [0, 0.1) is 0 Å². The third kappa shape index (κ3) is 4.79. The van der Waals surface area contributed by atoms with E-state index in [9.17, 15) is 14.4 Å². The molecule has 162 valence electrons. The van der Waals surface area contributed by atoms with E-state index in [1.165, 1.54) is 0 Å². The van der Waals surface area contributed by atoms with E-state index in [1.807, 2.05) is 30.3 Å². The summed E-state index contributed by atoms with van der Waals surface area (Å²) in [5, 5.41) is 2.91. The first kappa shape index (κ1) is 21.1. The van der Waals surface area contributed by atoms with Gasteiger partial charge >= 0.3 is 6.03 Å². The van der Waals surface area contributed by atoms with Crippen LogP contribution in [-0.2, 0) is 24.8 Å². The van der Waals surface area contributed by atoms with Crippen LogP contribution in [0.3, 0.4) is 0 Å². The first-order chi connectivity index (χ1) is 14.6. The predicted molar refractivity (Wildman–Crippen MR) is 112 cm³/mol. The zero-order valence-corrected chi connectivity index (χ0v) is 17.6. The van der Waals surface area contributed by atoms with Crippen molar-refractivity contribution in [3.63, 3.8) is 0 Å². The Labute approximate surface area is 180 Å². The molecule has 1 N–H and O–H groups in total. The van der Waals surface area contributed by atoms with Crippen LogP contribution in [0.4, 0.5) is 4.79 Å². The highest BCUT2D eigenvalue weighted by Crippen LogP contribution is 2.28. The summed E-state index contributed by atoms with van der Waals surface area (Å²) in [5.74, 6) is 0.920. The quantitative estimate of drug-likeness (QED) is 0.717. The monoisotopic (exact) mass is 433 g/mol. The number of carbonyl (C=O) groups excluding carboxylic acids is 3. The van der Waals surface area contributed by atoms with Gasteiger partial charge in [0.15, 0.2) is 5.78 Å². The lowest BCUT2D eigenvalue weighted by Crippen LogP contribution is -2.56. The van der Waals surface area contributed by atoms with Crippen LogP contribution in [0.2, 0.25) is 0 Å². The number of amides is 3. The standard InChI is InChI=1S/C21H27N3O5S/c25-17-12-29-18-6-7-24(19(17)18)20(26)16(14-30-13-15-4-2-1-3-5-15)22-21(27)23-8-10-28-11-9-23/h1-5,16,18-19H,6-14H2,(H,22,27)/t16-,18?,19?/m0/s1. The van der Waals surface area contributed by atoms with Crippen LogP contribution in [-0.4, -0.2) is 90.9 Å². The number of hydrogen-bond donors (Lipinski definition) is 1. The molecule has 0 spiro atoms. The number of thioether (sulfide) groups is 1. The fourth-order valence-electron chi connectivity index (χ4n) is 4.09. The summed E-state index contributed by atoms with van der Waals surface area (Å²) in [6, 6.07) is 8.53. The van der Waals surface area contributed by atoms with Crippen LogP contribution in [0.25, 0.3) is 0 Å².